The molecule has 0 unspecified atom stereocenters. The van der Waals surface area contributed by atoms with Crippen molar-refractivity contribution in [2.45, 2.75) is 13.5 Å². The summed E-state index contributed by atoms with van der Waals surface area (Å²) in [5.41, 5.74) is 1.32. The van der Waals surface area contributed by atoms with Gasteiger partial charge in [0.2, 0.25) is 0 Å². The Balaban J connectivity index is 1.61. The SMILES string of the molecule is CCN1CCN(C(=O)c2cc(NCc3ccc(F)cc3)ncn2)CC1. The van der Waals surface area contributed by atoms with Crippen LogP contribution in [-0.2, 0) is 6.54 Å². The normalized spacial score (nSPS) is 15.2. The summed E-state index contributed by atoms with van der Waals surface area (Å²) < 4.78 is 12.9. The highest BCUT2D eigenvalue weighted by Crippen LogP contribution is 2.11. The van der Waals surface area contributed by atoms with Crippen molar-refractivity contribution in [2.75, 3.05) is 38.0 Å². The van der Waals surface area contributed by atoms with E-state index in [9.17, 15) is 9.18 Å². The molecule has 25 heavy (non-hydrogen) atoms. The number of nitrogens with zero attached hydrogens (tertiary/aromatic N) is 4. The van der Waals surface area contributed by atoms with Gasteiger partial charge >= 0.3 is 0 Å². The molecular formula is C18H22FN5O. The minimum atomic E-state index is -0.262. The average Bonchev–Trinajstić information content (AvgIpc) is 2.67. The Hall–Kier alpha value is -2.54. The van der Waals surface area contributed by atoms with E-state index >= 15 is 0 Å². The van der Waals surface area contributed by atoms with Crippen molar-refractivity contribution in [3.63, 3.8) is 0 Å². The third-order valence-corrected chi connectivity index (χ3v) is 4.38. The zero-order valence-electron chi connectivity index (χ0n) is 14.3. The van der Waals surface area contributed by atoms with Crippen LogP contribution in [0.3, 0.4) is 0 Å². The highest BCUT2D eigenvalue weighted by Gasteiger charge is 2.22. The maximum absolute atomic E-state index is 12.9. The molecule has 1 aliphatic heterocycles. The van der Waals surface area contributed by atoms with Gasteiger partial charge in [-0.2, -0.15) is 0 Å². The number of hydrogen-bond acceptors (Lipinski definition) is 5. The standard InChI is InChI=1S/C18H22FN5O/c1-2-23-7-9-24(10-8-23)18(25)16-11-17(22-13-21-16)20-12-14-3-5-15(19)6-4-14/h3-6,11,13H,2,7-10,12H2,1H3,(H,20,21,22). The molecule has 132 valence electrons. The van der Waals surface area contributed by atoms with Gasteiger partial charge in [0, 0.05) is 38.8 Å². The summed E-state index contributed by atoms with van der Waals surface area (Å²) in [6.45, 7) is 6.85. The fraction of sp³-hybridized carbons (Fsp3) is 0.389. The number of hydrogen-bond donors (Lipinski definition) is 1. The molecule has 0 saturated carbocycles. The molecule has 0 spiro atoms. The molecule has 1 aromatic carbocycles. The van der Waals surface area contributed by atoms with Crippen LogP contribution in [0.25, 0.3) is 0 Å². The fourth-order valence-corrected chi connectivity index (χ4v) is 2.80. The van der Waals surface area contributed by atoms with E-state index in [2.05, 4.69) is 27.1 Å². The number of carbonyl (C=O) groups excluding carboxylic acids is 1. The van der Waals surface area contributed by atoms with Gasteiger partial charge in [-0.1, -0.05) is 19.1 Å². The van der Waals surface area contributed by atoms with Crippen molar-refractivity contribution < 1.29 is 9.18 Å². The molecule has 1 aliphatic rings. The first-order valence-electron chi connectivity index (χ1n) is 8.47. The second-order valence-corrected chi connectivity index (χ2v) is 5.99. The van der Waals surface area contributed by atoms with Crippen LogP contribution in [0, 0.1) is 5.82 Å². The Morgan fingerprint density at radius 2 is 1.88 bits per heavy atom. The Morgan fingerprint density at radius 1 is 1.16 bits per heavy atom. The van der Waals surface area contributed by atoms with E-state index in [-0.39, 0.29) is 11.7 Å². The molecular weight excluding hydrogens is 321 g/mol. The Bertz CT molecular complexity index is 714. The molecule has 0 atom stereocenters. The predicted octanol–water partition coefficient (Wildman–Crippen LogP) is 2.01. The van der Waals surface area contributed by atoms with Crippen molar-refractivity contribution in [1.29, 1.82) is 0 Å². The summed E-state index contributed by atoms with van der Waals surface area (Å²) >= 11 is 0. The number of piperazine rings is 1. The lowest BCUT2D eigenvalue weighted by Crippen LogP contribution is -2.48. The lowest BCUT2D eigenvalue weighted by molar-refractivity contribution is 0.0637. The highest BCUT2D eigenvalue weighted by molar-refractivity contribution is 5.93. The molecule has 2 aromatic rings. The molecule has 3 rings (SSSR count). The smallest absolute Gasteiger partial charge is 0.272 e. The summed E-state index contributed by atoms with van der Waals surface area (Å²) in [6.07, 6.45) is 1.39. The van der Waals surface area contributed by atoms with Gasteiger partial charge in [0.25, 0.3) is 5.91 Å². The molecule has 1 amide bonds. The van der Waals surface area contributed by atoms with Crippen molar-refractivity contribution in [3.05, 3.63) is 53.7 Å². The van der Waals surface area contributed by atoms with Crippen LogP contribution in [0.2, 0.25) is 0 Å². The summed E-state index contributed by atoms with van der Waals surface area (Å²) in [5.74, 6) is 0.250. The van der Waals surface area contributed by atoms with Gasteiger partial charge < -0.3 is 15.1 Å². The number of carbonyl (C=O) groups is 1. The van der Waals surface area contributed by atoms with Gasteiger partial charge in [-0.05, 0) is 24.2 Å². The van der Waals surface area contributed by atoms with Gasteiger partial charge in [0.15, 0.2) is 0 Å². The van der Waals surface area contributed by atoms with Gasteiger partial charge in [0.1, 0.15) is 23.7 Å². The molecule has 2 heterocycles. The maximum atomic E-state index is 12.9. The van der Waals surface area contributed by atoms with Gasteiger partial charge in [-0.25, -0.2) is 14.4 Å². The first-order valence-corrected chi connectivity index (χ1v) is 8.47. The second kappa shape index (κ2) is 8.02. The molecule has 7 heteroatoms. The number of aromatic nitrogens is 2. The molecule has 0 bridgehead atoms. The predicted molar refractivity (Wildman–Crippen MR) is 93.8 cm³/mol. The highest BCUT2D eigenvalue weighted by atomic mass is 19.1. The molecule has 0 radical (unpaired) electrons. The molecule has 1 aromatic heterocycles. The third kappa shape index (κ3) is 4.51. The van der Waals surface area contributed by atoms with E-state index in [0.29, 0.717) is 18.1 Å². The monoisotopic (exact) mass is 343 g/mol. The minimum absolute atomic E-state index is 0.0667. The van der Waals surface area contributed by atoms with Crippen LogP contribution in [0.15, 0.2) is 36.7 Å². The Kier molecular flexibility index (Phi) is 5.55. The van der Waals surface area contributed by atoms with Crippen molar-refractivity contribution in [3.8, 4) is 0 Å². The zero-order chi connectivity index (χ0) is 17.6. The van der Waals surface area contributed by atoms with E-state index in [1.807, 2.05) is 4.90 Å². The van der Waals surface area contributed by atoms with E-state index in [1.54, 1.807) is 18.2 Å². The summed E-state index contributed by atoms with van der Waals surface area (Å²) in [5, 5.41) is 3.14. The topological polar surface area (TPSA) is 61.4 Å². The molecule has 1 saturated heterocycles. The number of likely N-dealkylation sites (N-methyl/N-ethyl adjacent to an activating group) is 1. The number of halogens is 1. The summed E-state index contributed by atoms with van der Waals surface area (Å²) in [6, 6.07) is 7.92. The van der Waals surface area contributed by atoms with Gasteiger partial charge in [-0.15, -0.1) is 0 Å². The average molecular weight is 343 g/mol. The van der Waals surface area contributed by atoms with E-state index < -0.39 is 0 Å². The van der Waals surface area contributed by atoms with Gasteiger partial charge in [0.05, 0.1) is 0 Å². The number of rotatable bonds is 5. The van der Waals surface area contributed by atoms with E-state index in [1.165, 1.54) is 18.5 Å². The van der Waals surface area contributed by atoms with Crippen LogP contribution in [-0.4, -0.2) is 58.4 Å². The summed E-state index contributed by atoms with van der Waals surface area (Å²) in [4.78, 5) is 25.0. The lowest BCUT2D eigenvalue weighted by atomic mass is 10.2. The zero-order valence-corrected chi connectivity index (χ0v) is 14.3. The number of nitrogens with one attached hydrogen (secondary N) is 1. The first kappa shape index (κ1) is 17.3. The molecule has 1 fully saturated rings. The molecule has 0 aliphatic carbocycles. The van der Waals surface area contributed by atoms with Gasteiger partial charge in [-0.3, -0.25) is 4.79 Å². The van der Waals surface area contributed by atoms with E-state index in [4.69, 9.17) is 0 Å². The lowest BCUT2D eigenvalue weighted by Gasteiger charge is -2.33. The summed E-state index contributed by atoms with van der Waals surface area (Å²) in [7, 11) is 0. The van der Waals surface area contributed by atoms with Crippen LogP contribution in [0.4, 0.5) is 10.2 Å². The van der Waals surface area contributed by atoms with Crippen molar-refractivity contribution >= 4 is 11.7 Å². The van der Waals surface area contributed by atoms with Crippen LogP contribution < -0.4 is 5.32 Å². The second-order valence-electron chi connectivity index (χ2n) is 5.99. The molecule has 6 nitrogen and oxygen atoms in total. The van der Waals surface area contributed by atoms with Crippen LogP contribution in [0.1, 0.15) is 23.0 Å². The maximum Gasteiger partial charge on any atom is 0.272 e. The quantitative estimate of drug-likeness (QED) is 0.900. The van der Waals surface area contributed by atoms with Crippen LogP contribution >= 0.6 is 0 Å². The Morgan fingerprint density at radius 3 is 2.56 bits per heavy atom. The number of anilines is 1. The largest absolute Gasteiger partial charge is 0.366 e. The fourth-order valence-electron chi connectivity index (χ4n) is 2.80. The first-order chi connectivity index (χ1) is 12.2. The minimum Gasteiger partial charge on any atom is -0.366 e. The van der Waals surface area contributed by atoms with E-state index in [0.717, 1.165) is 38.3 Å². The van der Waals surface area contributed by atoms with Crippen molar-refractivity contribution in [2.24, 2.45) is 0 Å². The van der Waals surface area contributed by atoms with Crippen molar-refractivity contribution in [1.82, 2.24) is 19.8 Å². The number of amides is 1. The Labute approximate surface area is 146 Å². The van der Waals surface area contributed by atoms with Crippen LogP contribution in [0.5, 0.6) is 0 Å². The molecule has 1 N–H and O–H groups in total. The third-order valence-electron chi connectivity index (χ3n) is 4.38. The number of benzene rings is 1.